The Morgan fingerprint density at radius 2 is 1.87 bits per heavy atom. The van der Waals surface area contributed by atoms with Crippen LogP contribution in [0.1, 0.15) is 17.3 Å². The molecule has 2 aromatic rings. The number of nitrogens with one attached hydrogen (secondary N) is 1. The number of hydrogen-bond acceptors (Lipinski definition) is 6. The van der Waals surface area contributed by atoms with E-state index in [-0.39, 0.29) is 22.6 Å². The Balaban J connectivity index is 2.19. The standard InChI is InChI=1S/C19H16F2N2O6S/c1-9(24)23-15(17(22)25)8-30-19(28)29-16-5-2-10(6-13(16)18(26)27)12-4-3-11(20)7-14(12)21/h2-7,15H,8H2,1H3,(H2,22,25)(H,23,24)(H,26,27)/t15-/m1/s1. The Labute approximate surface area is 173 Å². The highest BCUT2D eigenvalue weighted by Crippen LogP contribution is 2.30. The fourth-order valence-electron chi connectivity index (χ4n) is 2.39. The monoisotopic (exact) mass is 438 g/mol. The predicted octanol–water partition coefficient (Wildman–Crippen LogP) is 2.55. The van der Waals surface area contributed by atoms with Gasteiger partial charge in [0.2, 0.25) is 11.8 Å². The van der Waals surface area contributed by atoms with E-state index in [4.69, 9.17) is 10.5 Å². The highest BCUT2D eigenvalue weighted by atomic mass is 32.2. The van der Waals surface area contributed by atoms with Crippen LogP contribution in [0.2, 0.25) is 0 Å². The topological polar surface area (TPSA) is 136 Å². The average molecular weight is 438 g/mol. The Hall–Kier alpha value is -3.47. The highest BCUT2D eigenvalue weighted by molar-refractivity contribution is 8.13. The summed E-state index contributed by atoms with van der Waals surface area (Å²) in [6.07, 6.45) is 0. The van der Waals surface area contributed by atoms with Gasteiger partial charge in [-0.2, -0.15) is 0 Å². The number of hydrogen-bond donors (Lipinski definition) is 3. The van der Waals surface area contributed by atoms with E-state index in [1.165, 1.54) is 13.0 Å². The number of thioether (sulfide) groups is 1. The van der Waals surface area contributed by atoms with E-state index < -0.39 is 46.3 Å². The molecule has 0 saturated heterocycles. The van der Waals surface area contributed by atoms with Crippen LogP contribution in [-0.2, 0) is 9.59 Å². The molecule has 0 aliphatic carbocycles. The van der Waals surface area contributed by atoms with E-state index in [0.29, 0.717) is 17.8 Å². The van der Waals surface area contributed by atoms with Gasteiger partial charge in [-0.05, 0) is 41.6 Å². The number of aromatic carboxylic acids is 1. The van der Waals surface area contributed by atoms with Crippen molar-refractivity contribution < 1.29 is 37.8 Å². The molecular weight excluding hydrogens is 422 g/mol. The van der Waals surface area contributed by atoms with Gasteiger partial charge in [-0.3, -0.25) is 9.59 Å². The van der Waals surface area contributed by atoms with E-state index in [1.54, 1.807) is 0 Å². The van der Waals surface area contributed by atoms with Gasteiger partial charge >= 0.3 is 11.3 Å². The number of carbonyl (C=O) groups is 4. The summed E-state index contributed by atoms with van der Waals surface area (Å²) in [6.45, 7) is 1.17. The lowest BCUT2D eigenvalue weighted by Crippen LogP contribution is -2.45. The van der Waals surface area contributed by atoms with E-state index in [0.717, 1.165) is 24.3 Å². The first kappa shape index (κ1) is 22.8. The lowest BCUT2D eigenvalue weighted by Gasteiger charge is -2.14. The van der Waals surface area contributed by atoms with Gasteiger partial charge in [0.05, 0.1) is 0 Å². The average Bonchev–Trinajstić information content (AvgIpc) is 2.65. The maximum atomic E-state index is 14.0. The number of carbonyl (C=O) groups excluding carboxylic acids is 3. The first-order chi connectivity index (χ1) is 14.1. The fraction of sp³-hybridized carbons (Fsp3) is 0.158. The van der Waals surface area contributed by atoms with Crippen molar-refractivity contribution in [3.05, 3.63) is 53.6 Å². The van der Waals surface area contributed by atoms with Gasteiger partial charge < -0.3 is 20.9 Å². The number of ether oxygens (including phenoxy) is 1. The zero-order valence-corrected chi connectivity index (χ0v) is 16.3. The van der Waals surface area contributed by atoms with Crippen molar-refractivity contribution >= 4 is 34.8 Å². The molecule has 11 heteroatoms. The van der Waals surface area contributed by atoms with Crippen LogP contribution >= 0.6 is 11.8 Å². The van der Waals surface area contributed by atoms with Gasteiger partial charge in [0.1, 0.15) is 29.0 Å². The number of carboxylic acid groups (broad SMARTS) is 1. The summed E-state index contributed by atoms with van der Waals surface area (Å²) in [5.74, 6) is -5.05. The molecule has 30 heavy (non-hydrogen) atoms. The van der Waals surface area contributed by atoms with Crippen LogP contribution in [0, 0.1) is 11.6 Å². The van der Waals surface area contributed by atoms with E-state index in [9.17, 15) is 33.1 Å². The molecule has 2 aromatic carbocycles. The number of benzene rings is 2. The summed E-state index contributed by atoms with van der Waals surface area (Å²) < 4.78 is 32.1. The zero-order valence-electron chi connectivity index (χ0n) is 15.5. The third kappa shape index (κ3) is 6.01. The van der Waals surface area contributed by atoms with Crippen LogP contribution in [0.5, 0.6) is 5.75 Å². The summed E-state index contributed by atoms with van der Waals surface area (Å²) in [7, 11) is 0. The number of carboxylic acids is 1. The second-order valence-corrected chi connectivity index (χ2v) is 6.91. The Kier molecular flexibility index (Phi) is 7.48. The van der Waals surface area contributed by atoms with Crippen LogP contribution in [0.25, 0.3) is 11.1 Å². The minimum atomic E-state index is -1.44. The molecule has 2 rings (SSSR count). The van der Waals surface area contributed by atoms with Crippen molar-refractivity contribution in [3.63, 3.8) is 0 Å². The number of halogens is 2. The van der Waals surface area contributed by atoms with Gasteiger partial charge in [-0.15, -0.1) is 0 Å². The number of rotatable bonds is 7. The summed E-state index contributed by atoms with van der Waals surface area (Å²) in [5.41, 5.74) is 4.80. The van der Waals surface area contributed by atoms with Gasteiger partial charge in [-0.1, -0.05) is 6.07 Å². The third-order valence-electron chi connectivity index (χ3n) is 3.73. The summed E-state index contributed by atoms with van der Waals surface area (Å²) in [4.78, 5) is 45.9. The molecule has 0 aromatic heterocycles. The second-order valence-electron chi connectivity index (χ2n) is 5.96. The molecule has 0 aliphatic rings. The van der Waals surface area contributed by atoms with Crippen molar-refractivity contribution in [2.45, 2.75) is 13.0 Å². The molecule has 0 spiro atoms. The summed E-state index contributed by atoms with van der Waals surface area (Å²) in [5, 5.41) is 10.7. The van der Waals surface area contributed by atoms with Crippen LogP contribution in [0.4, 0.5) is 13.6 Å². The van der Waals surface area contributed by atoms with Gasteiger partial charge in [-0.25, -0.2) is 18.4 Å². The summed E-state index contributed by atoms with van der Waals surface area (Å²) in [6, 6.07) is 5.24. The molecule has 158 valence electrons. The largest absolute Gasteiger partial charge is 0.478 e. The van der Waals surface area contributed by atoms with Crippen LogP contribution in [0.15, 0.2) is 36.4 Å². The smallest absolute Gasteiger partial charge is 0.372 e. The second kappa shape index (κ2) is 9.83. The van der Waals surface area contributed by atoms with E-state index >= 15 is 0 Å². The predicted molar refractivity (Wildman–Crippen MR) is 104 cm³/mol. The lowest BCUT2D eigenvalue weighted by molar-refractivity contribution is -0.125. The molecular formula is C19H16F2N2O6S. The fourth-order valence-corrected chi connectivity index (χ4v) is 3.09. The maximum Gasteiger partial charge on any atom is 0.372 e. The first-order valence-corrected chi connectivity index (χ1v) is 9.31. The zero-order chi connectivity index (χ0) is 22.4. The molecule has 0 aliphatic heterocycles. The Bertz CT molecular complexity index is 1010. The lowest BCUT2D eigenvalue weighted by atomic mass is 10.0. The molecule has 8 nitrogen and oxygen atoms in total. The maximum absolute atomic E-state index is 14.0. The highest BCUT2D eigenvalue weighted by Gasteiger charge is 2.21. The minimum Gasteiger partial charge on any atom is -0.478 e. The molecule has 0 unspecified atom stereocenters. The van der Waals surface area contributed by atoms with Crippen LogP contribution in [0.3, 0.4) is 0 Å². The van der Waals surface area contributed by atoms with Crippen molar-refractivity contribution in [2.24, 2.45) is 5.73 Å². The van der Waals surface area contributed by atoms with E-state index in [1.807, 2.05) is 0 Å². The minimum absolute atomic E-state index is 0.0363. The number of primary amides is 1. The molecule has 0 saturated carbocycles. The van der Waals surface area contributed by atoms with Crippen LogP contribution < -0.4 is 15.8 Å². The number of amides is 2. The molecule has 1 atom stereocenters. The van der Waals surface area contributed by atoms with Gasteiger partial charge in [0, 0.05) is 24.3 Å². The quantitative estimate of drug-likeness (QED) is 0.565. The summed E-state index contributed by atoms with van der Waals surface area (Å²) >= 11 is 0.503. The van der Waals surface area contributed by atoms with Crippen molar-refractivity contribution in [3.8, 4) is 16.9 Å². The Morgan fingerprint density at radius 3 is 2.43 bits per heavy atom. The molecule has 0 bridgehead atoms. The normalized spacial score (nSPS) is 11.4. The SMILES string of the molecule is CC(=O)N[C@H](CSC(=O)Oc1ccc(-c2ccc(F)cc2F)cc1C(=O)O)C(N)=O. The van der Waals surface area contributed by atoms with E-state index in [2.05, 4.69) is 5.32 Å². The van der Waals surface area contributed by atoms with Crippen molar-refractivity contribution in [1.29, 1.82) is 0 Å². The third-order valence-corrected chi connectivity index (χ3v) is 4.55. The molecule has 0 radical (unpaired) electrons. The van der Waals surface area contributed by atoms with Crippen molar-refractivity contribution in [1.82, 2.24) is 5.32 Å². The van der Waals surface area contributed by atoms with Crippen LogP contribution in [-0.4, -0.2) is 40.0 Å². The molecule has 0 fully saturated rings. The van der Waals surface area contributed by atoms with Gasteiger partial charge in [0.25, 0.3) is 0 Å². The molecule has 2 amide bonds. The molecule has 0 heterocycles. The number of nitrogens with two attached hydrogens (primary N) is 1. The Morgan fingerprint density at radius 1 is 1.17 bits per heavy atom. The molecule has 4 N–H and O–H groups in total. The first-order valence-electron chi connectivity index (χ1n) is 8.32. The van der Waals surface area contributed by atoms with Gasteiger partial charge in [0.15, 0.2) is 0 Å². The van der Waals surface area contributed by atoms with Crippen molar-refractivity contribution in [2.75, 3.05) is 5.75 Å².